The zero-order valence-corrected chi connectivity index (χ0v) is 15.3. The van der Waals surface area contributed by atoms with Gasteiger partial charge >= 0.3 is 0 Å². The molecule has 0 heterocycles. The molecule has 120 valence electrons. The van der Waals surface area contributed by atoms with Gasteiger partial charge in [0, 0.05) is 15.6 Å². The molecule has 1 unspecified atom stereocenters. The number of benzene rings is 2. The molecule has 1 atom stereocenters. The van der Waals surface area contributed by atoms with Crippen LogP contribution in [0.5, 0.6) is 11.5 Å². The van der Waals surface area contributed by atoms with E-state index in [1.807, 2.05) is 12.1 Å². The van der Waals surface area contributed by atoms with Crippen molar-refractivity contribution < 1.29 is 9.47 Å². The maximum absolute atomic E-state index is 6.02. The Bertz CT molecular complexity index is 610. The van der Waals surface area contributed by atoms with Crippen molar-refractivity contribution in [1.29, 1.82) is 0 Å². The summed E-state index contributed by atoms with van der Waals surface area (Å²) in [5.74, 6) is 1.85. The van der Waals surface area contributed by atoms with Crippen LogP contribution >= 0.6 is 15.9 Å². The predicted octanol–water partition coefficient (Wildman–Crippen LogP) is 5.88. The summed E-state index contributed by atoms with van der Waals surface area (Å²) in [4.78, 5) is 0.636. The molecule has 0 bridgehead atoms. The standard InChI is InChI=1S/C19H25BrO2/c1-4-15(20)7-5-6-12-22-19-11-10-18(21-3)16-9-8-14(2)13-17(16)19/h8-11,13,15H,4-7,12H2,1-3H3. The van der Waals surface area contributed by atoms with E-state index in [1.54, 1.807) is 7.11 Å². The number of hydrogen-bond acceptors (Lipinski definition) is 2. The number of alkyl halides is 1. The Morgan fingerprint density at radius 3 is 2.55 bits per heavy atom. The first-order valence-electron chi connectivity index (χ1n) is 8.00. The van der Waals surface area contributed by atoms with Gasteiger partial charge in [-0.15, -0.1) is 0 Å². The van der Waals surface area contributed by atoms with Crippen molar-refractivity contribution in [3.63, 3.8) is 0 Å². The van der Waals surface area contributed by atoms with Crippen LogP contribution in [0.15, 0.2) is 30.3 Å². The molecule has 2 aromatic rings. The van der Waals surface area contributed by atoms with Crippen LogP contribution in [0.1, 0.15) is 38.2 Å². The van der Waals surface area contributed by atoms with Gasteiger partial charge in [-0.1, -0.05) is 40.5 Å². The Balaban J connectivity index is 2.03. The highest BCUT2D eigenvalue weighted by Crippen LogP contribution is 2.33. The minimum Gasteiger partial charge on any atom is -0.496 e. The van der Waals surface area contributed by atoms with E-state index in [0.29, 0.717) is 4.83 Å². The molecular formula is C19H25BrO2. The topological polar surface area (TPSA) is 18.5 Å². The molecule has 0 saturated carbocycles. The summed E-state index contributed by atoms with van der Waals surface area (Å²) in [6.45, 7) is 5.07. The van der Waals surface area contributed by atoms with E-state index in [4.69, 9.17) is 9.47 Å². The fraction of sp³-hybridized carbons (Fsp3) is 0.474. The first-order chi connectivity index (χ1) is 10.7. The van der Waals surface area contributed by atoms with Gasteiger partial charge in [-0.25, -0.2) is 0 Å². The molecule has 2 rings (SSSR count). The van der Waals surface area contributed by atoms with Crippen LogP contribution in [0.3, 0.4) is 0 Å². The number of unbranched alkanes of at least 4 members (excludes halogenated alkanes) is 1. The summed E-state index contributed by atoms with van der Waals surface area (Å²) in [6, 6.07) is 10.4. The molecule has 0 radical (unpaired) electrons. The van der Waals surface area contributed by atoms with Gasteiger partial charge < -0.3 is 9.47 Å². The molecule has 0 aromatic heterocycles. The molecular weight excluding hydrogens is 340 g/mol. The van der Waals surface area contributed by atoms with Gasteiger partial charge in [0.2, 0.25) is 0 Å². The molecule has 2 nitrogen and oxygen atoms in total. The number of hydrogen-bond donors (Lipinski definition) is 0. The minimum atomic E-state index is 0.636. The van der Waals surface area contributed by atoms with Crippen molar-refractivity contribution in [2.24, 2.45) is 0 Å². The predicted molar refractivity (Wildman–Crippen MR) is 97.6 cm³/mol. The molecule has 0 fully saturated rings. The third-order valence-electron chi connectivity index (χ3n) is 3.92. The zero-order valence-electron chi connectivity index (χ0n) is 13.7. The molecule has 2 aromatic carbocycles. The van der Waals surface area contributed by atoms with Crippen LogP contribution in [-0.4, -0.2) is 18.5 Å². The molecule has 22 heavy (non-hydrogen) atoms. The van der Waals surface area contributed by atoms with Gasteiger partial charge in [0.1, 0.15) is 11.5 Å². The lowest BCUT2D eigenvalue weighted by Crippen LogP contribution is -2.01. The average Bonchev–Trinajstić information content (AvgIpc) is 2.54. The summed E-state index contributed by atoms with van der Waals surface area (Å²) < 4.78 is 11.5. The number of ether oxygens (including phenoxy) is 2. The molecule has 0 spiro atoms. The Labute approximate surface area is 141 Å². The quantitative estimate of drug-likeness (QED) is 0.430. The van der Waals surface area contributed by atoms with Crippen molar-refractivity contribution in [2.75, 3.05) is 13.7 Å². The summed E-state index contributed by atoms with van der Waals surface area (Å²) in [6.07, 6.45) is 4.67. The van der Waals surface area contributed by atoms with Crippen LogP contribution in [0.2, 0.25) is 0 Å². The maximum atomic E-state index is 6.02. The minimum absolute atomic E-state index is 0.636. The number of methoxy groups -OCH3 is 1. The fourth-order valence-electron chi connectivity index (χ4n) is 2.57. The van der Waals surface area contributed by atoms with Gasteiger partial charge in [-0.2, -0.15) is 0 Å². The number of halogens is 1. The van der Waals surface area contributed by atoms with Crippen molar-refractivity contribution >= 4 is 26.7 Å². The lowest BCUT2D eigenvalue weighted by Gasteiger charge is -2.13. The van der Waals surface area contributed by atoms with Crippen LogP contribution in [0.25, 0.3) is 10.8 Å². The second kappa shape index (κ2) is 8.42. The maximum Gasteiger partial charge on any atom is 0.127 e. The van der Waals surface area contributed by atoms with E-state index >= 15 is 0 Å². The highest BCUT2D eigenvalue weighted by atomic mass is 79.9. The summed E-state index contributed by atoms with van der Waals surface area (Å²) in [5.41, 5.74) is 1.23. The van der Waals surface area contributed by atoms with Crippen molar-refractivity contribution in [2.45, 2.75) is 44.4 Å². The summed E-state index contributed by atoms with van der Waals surface area (Å²) in [5, 5.41) is 2.24. The second-order valence-corrected chi connectivity index (χ2v) is 6.96. The van der Waals surface area contributed by atoms with Crippen LogP contribution in [0, 0.1) is 6.92 Å². The molecule has 0 aliphatic rings. The molecule has 3 heteroatoms. The summed E-state index contributed by atoms with van der Waals surface area (Å²) >= 11 is 3.68. The van der Waals surface area contributed by atoms with Crippen LogP contribution in [0.4, 0.5) is 0 Å². The normalized spacial score (nSPS) is 12.4. The molecule has 0 N–H and O–H groups in total. The lowest BCUT2D eigenvalue weighted by atomic mass is 10.1. The third-order valence-corrected chi connectivity index (χ3v) is 5.03. The van der Waals surface area contributed by atoms with Gasteiger partial charge in [-0.05, 0) is 50.8 Å². The summed E-state index contributed by atoms with van der Waals surface area (Å²) in [7, 11) is 1.71. The molecule has 0 aliphatic heterocycles. The molecule has 0 amide bonds. The first-order valence-corrected chi connectivity index (χ1v) is 8.91. The number of fused-ring (bicyclic) bond motifs is 1. The van der Waals surface area contributed by atoms with E-state index in [2.05, 4.69) is 48.0 Å². The SMILES string of the molecule is CCC(Br)CCCCOc1ccc(OC)c2ccc(C)cc12. The van der Waals surface area contributed by atoms with E-state index in [0.717, 1.165) is 35.3 Å². The van der Waals surface area contributed by atoms with Crippen LogP contribution in [-0.2, 0) is 0 Å². The van der Waals surface area contributed by atoms with Crippen molar-refractivity contribution in [1.82, 2.24) is 0 Å². The fourth-order valence-corrected chi connectivity index (χ4v) is 2.89. The van der Waals surface area contributed by atoms with Gasteiger partial charge in [-0.3, -0.25) is 0 Å². The van der Waals surface area contributed by atoms with Crippen molar-refractivity contribution in [3.05, 3.63) is 35.9 Å². The van der Waals surface area contributed by atoms with Gasteiger partial charge in [0.05, 0.1) is 13.7 Å². The number of rotatable bonds is 8. The average molecular weight is 365 g/mol. The zero-order chi connectivity index (χ0) is 15.9. The van der Waals surface area contributed by atoms with Gasteiger partial charge in [0.25, 0.3) is 0 Å². The largest absolute Gasteiger partial charge is 0.496 e. The smallest absolute Gasteiger partial charge is 0.127 e. The van der Waals surface area contributed by atoms with E-state index in [9.17, 15) is 0 Å². The van der Waals surface area contributed by atoms with Crippen LogP contribution < -0.4 is 9.47 Å². The Morgan fingerprint density at radius 1 is 1.05 bits per heavy atom. The first kappa shape index (κ1) is 17.1. The molecule has 0 aliphatic carbocycles. The molecule has 0 saturated heterocycles. The highest BCUT2D eigenvalue weighted by Gasteiger charge is 2.08. The Morgan fingerprint density at radius 2 is 1.82 bits per heavy atom. The third kappa shape index (κ3) is 4.39. The highest BCUT2D eigenvalue weighted by molar-refractivity contribution is 9.09. The Kier molecular flexibility index (Phi) is 6.56. The Hall–Kier alpha value is -1.22. The lowest BCUT2D eigenvalue weighted by molar-refractivity contribution is 0.308. The monoisotopic (exact) mass is 364 g/mol. The van der Waals surface area contributed by atoms with E-state index in [-0.39, 0.29) is 0 Å². The van der Waals surface area contributed by atoms with E-state index in [1.165, 1.54) is 24.8 Å². The second-order valence-electron chi connectivity index (χ2n) is 5.66. The number of aryl methyl sites for hydroxylation is 1. The van der Waals surface area contributed by atoms with E-state index < -0.39 is 0 Å². The van der Waals surface area contributed by atoms with Gasteiger partial charge in [0.15, 0.2) is 0 Å². The van der Waals surface area contributed by atoms with Crippen molar-refractivity contribution in [3.8, 4) is 11.5 Å².